The normalized spacial score (nSPS) is 26.4. The molecule has 8 heteroatoms. The Bertz CT molecular complexity index is 732. The van der Waals surface area contributed by atoms with Crippen LogP contribution in [0.2, 0.25) is 0 Å². The quantitative estimate of drug-likeness (QED) is 0.858. The lowest BCUT2D eigenvalue weighted by molar-refractivity contribution is -0.137. The van der Waals surface area contributed by atoms with Crippen LogP contribution in [-0.4, -0.2) is 60.2 Å². The maximum atomic E-state index is 13.7. The molecular formula is C18H25FN4O3. The van der Waals surface area contributed by atoms with Gasteiger partial charge in [0.25, 0.3) is 5.56 Å². The minimum atomic E-state index is -0.788. The van der Waals surface area contributed by atoms with Crippen LogP contribution in [0, 0.1) is 23.6 Å². The third kappa shape index (κ3) is 3.11. The number of H-pyrrole nitrogens is 1. The van der Waals surface area contributed by atoms with Crippen LogP contribution < -0.4 is 10.5 Å². The first kappa shape index (κ1) is 17.5. The molecule has 3 aliphatic rings. The fourth-order valence-corrected chi connectivity index (χ4v) is 4.43. The maximum absolute atomic E-state index is 13.7. The summed E-state index contributed by atoms with van der Waals surface area (Å²) in [4.78, 5) is 35.3. The highest BCUT2D eigenvalue weighted by molar-refractivity contribution is 5.79. The lowest BCUT2D eigenvalue weighted by atomic mass is 9.99. The summed E-state index contributed by atoms with van der Waals surface area (Å²) in [5.74, 6) is 0.768. The van der Waals surface area contributed by atoms with Gasteiger partial charge in [0.2, 0.25) is 17.7 Å². The molecule has 0 aliphatic carbocycles. The number of likely N-dealkylation sites (tertiary alicyclic amines) is 1. The number of aryl methyl sites for hydroxylation is 1. The minimum Gasteiger partial charge on any atom is -0.381 e. The molecule has 0 radical (unpaired) electrons. The number of anilines is 1. The number of fused-ring (bicyclic) bond motifs is 1. The van der Waals surface area contributed by atoms with E-state index in [4.69, 9.17) is 4.74 Å². The number of carbonyl (C=O) groups excluding carboxylic acids is 1. The van der Waals surface area contributed by atoms with Crippen LogP contribution in [0.5, 0.6) is 0 Å². The summed E-state index contributed by atoms with van der Waals surface area (Å²) >= 11 is 0. The van der Waals surface area contributed by atoms with Crippen molar-refractivity contribution in [3.05, 3.63) is 21.9 Å². The first-order valence-corrected chi connectivity index (χ1v) is 9.47. The molecule has 7 nitrogen and oxygen atoms in total. The van der Waals surface area contributed by atoms with Gasteiger partial charge in [-0.2, -0.15) is 4.39 Å². The van der Waals surface area contributed by atoms with Gasteiger partial charge in [-0.1, -0.05) is 6.92 Å². The predicted octanol–water partition coefficient (Wildman–Crippen LogP) is 0.793. The molecule has 0 bridgehead atoms. The first-order chi connectivity index (χ1) is 12.6. The van der Waals surface area contributed by atoms with Crippen LogP contribution in [0.25, 0.3) is 0 Å². The second-order valence-corrected chi connectivity index (χ2v) is 7.56. The number of ether oxygens (including phenoxy) is 1. The standard InChI is InChI=1S/C18H25FN4O3/c1-2-14-15(19)16(24)21-18(20-14)23-9-12-7-22(8-13(12)10-23)17(25)11-3-5-26-6-4-11/h11-13H,2-10H2,1H3,(H,20,21,24). The van der Waals surface area contributed by atoms with Crippen molar-refractivity contribution in [3.8, 4) is 0 Å². The molecule has 4 rings (SSSR count). The Labute approximate surface area is 151 Å². The van der Waals surface area contributed by atoms with E-state index in [1.165, 1.54) is 0 Å². The van der Waals surface area contributed by atoms with Crippen molar-refractivity contribution in [2.75, 3.05) is 44.3 Å². The third-order valence-corrected chi connectivity index (χ3v) is 5.92. The molecule has 3 saturated heterocycles. The van der Waals surface area contributed by atoms with E-state index in [1.54, 1.807) is 6.92 Å². The minimum absolute atomic E-state index is 0.0981. The van der Waals surface area contributed by atoms with Crippen molar-refractivity contribution in [1.82, 2.24) is 14.9 Å². The molecule has 1 aromatic heterocycles. The van der Waals surface area contributed by atoms with E-state index >= 15 is 0 Å². The summed E-state index contributed by atoms with van der Waals surface area (Å²) in [6, 6.07) is 0. The van der Waals surface area contributed by atoms with Gasteiger partial charge in [-0.15, -0.1) is 0 Å². The highest BCUT2D eigenvalue weighted by atomic mass is 19.1. The predicted molar refractivity (Wildman–Crippen MR) is 93.5 cm³/mol. The highest BCUT2D eigenvalue weighted by Gasteiger charge is 2.43. The number of nitrogens with zero attached hydrogens (tertiary/aromatic N) is 3. The van der Waals surface area contributed by atoms with Crippen LogP contribution >= 0.6 is 0 Å². The van der Waals surface area contributed by atoms with Crippen LogP contribution in [-0.2, 0) is 16.0 Å². The Morgan fingerprint density at radius 3 is 2.50 bits per heavy atom. The Balaban J connectivity index is 1.41. The number of nitrogens with one attached hydrogen (secondary N) is 1. The van der Waals surface area contributed by atoms with E-state index in [0.717, 1.165) is 39.0 Å². The molecule has 2 unspecified atom stereocenters. The molecule has 0 aromatic carbocycles. The van der Waals surface area contributed by atoms with Crippen molar-refractivity contribution in [3.63, 3.8) is 0 Å². The zero-order chi connectivity index (χ0) is 18.3. The molecule has 26 heavy (non-hydrogen) atoms. The average molecular weight is 364 g/mol. The third-order valence-electron chi connectivity index (χ3n) is 5.92. The summed E-state index contributed by atoms with van der Waals surface area (Å²) in [5, 5.41) is 0. The van der Waals surface area contributed by atoms with Crippen molar-refractivity contribution in [2.24, 2.45) is 17.8 Å². The van der Waals surface area contributed by atoms with Crippen LogP contribution in [0.3, 0.4) is 0 Å². The molecule has 1 amide bonds. The average Bonchev–Trinajstić information content (AvgIpc) is 3.23. The van der Waals surface area contributed by atoms with Gasteiger partial charge in [0.1, 0.15) is 0 Å². The Morgan fingerprint density at radius 2 is 1.88 bits per heavy atom. The summed E-state index contributed by atoms with van der Waals surface area (Å²) in [6.45, 7) is 6.11. The SMILES string of the molecule is CCc1nc(N2CC3CN(C(=O)C4CCOCC4)CC3C2)[nH]c(=O)c1F. The van der Waals surface area contributed by atoms with Gasteiger partial charge in [0, 0.05) is 57.1 Å². The molecule has 2 atom stereocenters. The largest absolute Gasteiger partial charge is 0.381 e. The molecule has 0 spiro atoms. The van der Waals surface area contributed by atoms with Crippen LogP contribution in [0.1, 0.15) is 25.5 Å². The molecule has 1 aromatic rings. The Morgan fingerprint density at radius 1 is 1.23 bits per heavy atom. The number of aromatic nitrogens is 2. The van der Waals surface area contributed by atoms with Gasteiger partial charge in [0.05, 0.1) is 5.69 Å². The number of rotatable bonds is 3. The van der Waals surface area contributed by atoms with E-state index in [0.29, 0.717) is 37.4 Å². The smallest absolute Gasteiger partial charge is 0.288 e. The van der Waals surface area contributed by atoms with E-state index in [-0.39, 0.29) is 17.5 Å². The zero-order valence-corrected chi connectivity index (χ0v) is 15.0. The Kier molecular flexibility index (Phi) is 4.69. The van der Waals surface area contributed by atoms with E-state index in [1.807, 2.05) is 9.80 Å². The fourth-order valence-electron chi connectivity index (χ4n) is 4.43. The maximum Gasteiger partial charge on any atom is 0.288 e. The van der Waals surface area contributed by atoms with E-state index in [9.17, 15) is 14.0 Å². The monoisotopic (exact) mass is 364 g/mol. The van der Waals surface area contributed by atoms with Crippen molar-refractivity contribution >= 4 is 11.9 Å². The topological polar surface area (TPSA) is 78.5 Å². The van der Waals surface area contributed by atoms with Gasteiger partial charge < -0.3 is 14.5 Å². The molecule has 3 aliphatic heterocycles. The summed E-state index contributed by atoms with van der Waals surface area (Å²) < 4.78 is 19.1. The van der Waals surface area contributed by atoms with Gasteiger partial charge in [-0.25, -0.2) is 4.98 Å². The van der Waals surface area contributed by atoms with Crippen LogP contribution in [0.4, 0.5) is 10.3 Å². The molecule has 142 valence electrons. The number of amides is 1. The van der Waals surface area contributed by atoms with Crippen molar-refractivity contribution in [1.29, 1.82) is 0 Å². The van der Waals surface area contributed by atoms with Crippen LogP contribution in [0.15, 0.2) is 4.79 Å². The number of halogens is 1. The zero-order valence-electron chi connectivity index (χ0n) is 15.0. The number of aromatic amines is 1. The van der Waals surface area contributed by atoms with Gasteiger partial charge >= 0.3 is 0 Å². The van der Waals surface area contributed by atoms with E-state index in [2.05, 4.69) is 9.97 Å². The molecule has 0 saturated carbocycles. The molecular weight excluding hydrogens is 339 g/mol. The second-order valence-electron chi connectivity index (χ2n) is 7.56. The number of hydrogen-bond donors (Lipinski definition) is 1. The van der Waals surface area contributed by atoms with Crippen molar-refractivity contribution < 1.29 is 13.9 Å². The summed E-state index contributed by atoms with van der Waals surface area (Å²) in [7, 11) is 0. The lowest BCUT2D eigenvalue weighted by Gasteiger charge is -2.28. The molecule has 4 heterocycles. The van der Waals surface area contributed by atoms with Gasteiger partial charge in [0.15, 0.2) is 0 Å². The lowest BCUT2D eigenvalue weighted by Crippen LogP contribution is -2.39. The highest BCUT2D eigenvalue weighted by Crippen LogP contribution is 2.34. The summed E-state index contributed by atoms with van der Waals surface area (Å²) in [6.07, 6.45) is 2.02. The number of carbonyl (C=O) groups is 1. The number of hydrogen-bond acceptors (Lipinski definition) is 5. The van der Waals surface area contributed by atoms with Gasteiger partial charge in [-0.05, 0) is 19.3 Å². The second kappa shape index (κ2) is 6.98. The van der Waals surface area contributed by atoms with E-state index < -0.39 is 11.4 Å². The molecule has 3 fully saturated rings. The first-order valence-electron chi connectivity index (χ1n) is 9.47. The molecule has 1 N–H and O–H groups in total. The van der Waals surface area contributed by atoms with Gasteiger partial charge in [-0.3, -0.25) is 14.6 Å². The van der Waals surface area contributed by atoms with Crippen molar-refractivity contribution in [2.45, 2.75) is 26.2 Å². The summed E-state index contributed by atoms with van der Waals surface area (Å²) in [5.41, 5.74) is -0.502. The Hall–Kier alpha value is -1.96. The fraction of sp³-hybridized carbons (Fsp3) is 0.722.